The van der Waals surface area contributed by atoms with Crippen molar-refractivity contribution in [3.63, 3.8) is 0 Å². The summed E-state index contributed by atoms with van der Waals surface area (Å²) in [6, 6.07) is 7.57. The number of nitrogens with zero attached hydrogens (tertiary/aromatic N) is 1. The molecular weight excluding hydrogens is 378 g/mol. The fourth-order valence-corrected chi connectivity index (χ4v) is 3.31. The molecule has 1 radical (unpaired) electrons. The first-order chi connectivity index (χ1) is 12.4. The molecule has 3 rings (SSSR count). The van der Waals surface area contributed by atoms with Crippen LogP contribution in [0.3, 0.4) is 0 Å². The summed E-state index contributed by atoms with van der Waals surface area (Å²) in [7, 11) is 0. The smallest absolute Gasteiger partial charge is 0.250 e. The summed E-state index contributed by atoms with van der Waals surface area (Å²) in [6.07, 6.45) is 5.72. The lowest BCUT2D eigenvalue weighted by atomic mass is 10.1. The van der Waals surface area contributed by atoms with Gasteiger partial charge in [-0.25, -0.2) is 4.39 Å². The van der Waals surface area contributed by atoms with E-state index in [4.69, 9.17) is 28.9 Å². The average Bonchev–Trinajstić information content (AvgIpc) is 2.93. The molecule has 0 aliphatic carbocycles. The van der Waals surface area contributed by atoms with Crippen LogP contribution in [0.1, 0.15) is 21.5 Å². The van der Waals surface area contributed by atoms with Crippen molar-refractivity contribution in [3.05, 3.63) is 75.2 Å². The summed E-state index contributed by atoms with van der Waals surface area (Å²) in [5.74, 6) is -1.23. The fraction of sp³-hybridized carbons (Fsp3) is 0.0526. The third-order valence-corrected chi connectivity index (χ3v) is 4.51. The lowest BCUT2D eigenvalue weighted by Gasteiger charge is -2.10. The Hall–Kier alpha value is -2.63. The number of aromatic nitrogens is 1. The van der Waals surface area contributed by atoms with Crippen LogP contribution in [-0.4, -0.2) is 16.8 Å². The number of benzene rings is 2. The van der Waals surface area contributed by atoms with Gasteiger partial charge in [-0.15, -0.1) is 0 Å². The van der Waals surface area contributed by atoms with Crippen LogP contribution in [0.4, 0.5) is 4.39 Å². The normalized spacial score (nSPS) is 11.3. The summed E-state index contributed by atoms with van der Waals surface area (Å²) in [5, 5.41) is 1.31. The molecule has 0 saturated heterocycles. The monoisotopic (exact) mass is 389 g/mol. The van der Waals surface area contributed by atoms with E-state index in [-0.39, 0.29) is 5.56 Å². The van der Waals surface area contributed by atoms with Gasteiger partial charge in [0.15, 0.2) is 0 Å². The van der Waals surface area contributed by atoms with Gasteiger partial charge in [0, 0.05) is 33.7 Å². The topological polar surface area (TPSA) is 65.1 Å². The predicted molar refractivity (Wildman–Crippen MR) is 101 cm³/mol. The van der Waals surface area contributed by atoms with E-state index < -0.39 is 11.7 Å². The van der Waals surface area contributed by atoms with Gasteiger partial charge in [0.05, 0.1) is 11.1 Å². The number of allylic oxidation sites excluding steroid dienone is 1. The number of amides is 1. The highest BCUT2D eigenvalue weighted by atomic mass is 35.5. The number of fused-ring (bicyclic) bond motifs is 1. The van der Waals surface area contributed by atoms with Gasteiger partial charge < -0.3 is 10.3 Å². The first-order valence-electron chi connectivity index (χ1n) is 7.51. The quantitative estimate of drug-likeness (QED) is 0.658. The minimum Gasteiger partial charge on any atom is -0.366 e. The Kier molecular flexibility index (Phi) is 5.11. The van der Waals surface area contributed by atoms with E-state index in [9.17, 15) is 14.0 Å². The van der Waals surface area contributed by atoms with Crippen LogP contribution in [0.25, 0.3) is 17.0 Å². The van der Waals surface area contributed by atoms with Gasteiger partial charge in [0.1, 0.15) is 5.82 Å². The number of primary amides is 1. The van der Waals surface area contributed by atoms with Crippen molar-refractivity contribution in [3.8, 4) is 0 Å². The number of carbonyl (C=O) groups is 1. The summed E-state index contributed by atoms with van der Waals surface area (Å²) in [5.41, 5.74) is 7.34. The van der Waals surface area contributed by atoms with Crippen molar-refractivity contribution in [2.75, 3.05) is 0 Å². The minimum atomic E-state index is -0.682. The van der Waals surface area contributed by atoms with Crippen molar-refractivity contribution in [2.24, 2.45) is 5.73 Å². The molecule has 0 saturated carbocycles. The van der Waals surface area contributed by atoms with E-state index in [1.54, 1.807) is 35.2 Å². The summed E-state index contributed by atoms with van der Waals surface area (Å²) < 4.78 is 15.7. The summed E-state index contributed by atoms with van der Waals surface area (Å²) >= 11 is 12.2. The van der Waals surface area contributed by atoms with Crippen molar-refractivity contribution >= 4 is 52.4 Å². The Morgan fingerprint density at radius 2 is 2.04 bits per heavy atom. The van der Waals surface area contributed by atoms with Crippen LogP contribution in [0.15, 0.2) is 42.6 Å². The van der Waals surface area contributed by atoms with Crippen molar-refractivity contribution in [2.45, 2.75) is 6.54 Å². The molecule has 0 bridgehead atoms. The molecule has 0 aliphatic rings. The molecule has 3 aromatic rings. The first kappa shape index (κ1) is 18.2. The van der Waals surface area contributed by atoms with Crippen molar-refractivity contribution in [1.82, 2.24) is 4.57 Å². The lowest BCUT2D eigenvalue weighted by Crippen LogP contribution is -2.10. The minimum absolute atomic E-state index is 0.175. The SMILES string of the molecule is NC(=O)c1cn(Cc2ccc(Cl)cc2Cl)c2c(/C=C/[C]=O)cc(F)cc12. The van der Waals surface area contributed by atoms with Gasteiger partial charge in [-0.1, -0.05) is 29.3 Å². The Labute approximate surface area is 158 Å². The number of hydrogen-bond donors (Lipinski definition) is 1. The van der Waals surface area contributed by atoms with Crippen LogP contribution in [0, 0.1) is 5.82 Å². The van der Waals surface area contributed by atoms with Crippen LogP contribution >= 0.6 is 23.2 Å². The molecule has 0 aliphatic heterocycles. The molecule has 0 fully saturated rings. The first-order valence-corrected chi connectivity index (χ1v) is 8.26. The van der Waals surface area contributed by atoms with E-state index in [0.29, 0.717) is 33.1 Å². The second-order valence-corrected chi connectivity index (χ2v) is 6.46. The van der Waals surface area contributed by atoms with Gasteiger partial charge in [-0.2, -0.15) is 0 Å². The highest BCUT2D eigenvalue weighted by Gasteiger charge is 2.17. The maximum atomic E-state index is 14.0. The number of carbonyl (C=O) groups excluding carboxylic acids is 2. The molecule has 4 nitrogen and oxygen atoms in total. The van der Waals surface area contributed by atoms with Crippen molar-refractivity contribution in [1.29, 1.82) is 0 Å². The zero-order valence-corrected chi connectivity index (χ0v) is 14.8. The largest absolute Gasteiger partial charge is 0.366 e. The fourth-order valence-electron chi connectivity index (χ4n) is 2.84. The molecule has 2 N–H and O–H groups in total. The number of halogens is 3. The van der Waals surface area contributed by atoms with Gasteiger partial charge in [0.25, 0.3) is 5.91 Å². The molecule has 0 unspecified atom stereocenters. The molecule has 1 heterocycles. The maximum Gasteiger partial charge on any atom is 0.250 e. The summed E-state index contributed by atoms with van der Waals surface area (Å²) in [6.45, 7) is 0.303. The van der Waals surface area contributed by atoms with E-state index in [1.807, 2.05) is 0 Å². The zero-order valence-electron chi connectivity index (χ0n) is 13.3. The second kappa shape index (κ2) is 7.32. The third kappa shape index (κ3) is 3.49. The molecule has 0 spiro atoms. The van der Waals surface area contributed by atoms with Gasteiger partial charge in [0.2, 0.25) is 6.29 Å². The Balaban J connectivity index is 2.25. The second-order valence-electron chi connectivity index (χ2n) is 5.61. The highest BCUT2D eigenvalue weighted by molar-refractivity contribution is 6.35. The van der Waals surface area contributed by atoms with Crippen LogP contribution in [0.5, 0.6) is 0 Å². The van der Waals surface area contributed by atoms with Crippen LogP contribution in [-0.2, 0) is 11.3 Å². The number of rotatable bonds is 5. The molecular formula is C19H12Cl2FN2O2. The van der Waals surface area contributed by atoms with Crippen molar-refractivity contribution < 1.29 is 14.0 Å². The molecule has 1 aromatic heterocycles. The van der Waals surface area contributed by atoms with E-state index in [2.05, 4.69) is 0 Å². The van der Waals surface area contributed by atoms with E-state index >= 15 is 0 Å². The molecule has 131 valence electrons. The van der Waals surface area contributed by atoms with E-state index in [1.165, 1.54) is 18.2 Å². The zero-order chi connectivity index (χ0) is 18.8. The van der Waals surface area contributed by atoms with Crippen LogP contribution in [0.2, 0.25) is 10.0 Å². The third-order valence-electron chi connectivity index (χ3n) is 3.92. The standard InChI is InChI=1S/C19H12Cl2FN2O2/c20-13-4-3-12(17(21)7-13)9-24-10-16(19(23)26)15-8-14(22)6-11(18(15)24)2-1-5-25/h1-4,6-8,10H,9H2,(H2,23,26)/b2-1+. The molecule has 0 atom stereocenters. The summed E-state index contributed by atoms with van der Waals surface area (Å²) in [4.78, 5) is 22.3. The average molecular weight is 390 g/mol. The predicted octanol–water partition coefficient (Wildman–Crippen LogP) is 4.36. The van der Waals surface area contributed by atoms with Gasteiger partial charge in [-0.3, -0.25) is 9.59 Å². The highest BCUT2D eigenvalue weighted by Crippen LogP contribution is 2.29. The van der Waals surface area contributed by atoms with Crippen LogP contribution < -0.4 is 5.73 Å². The van der Waals surface area contributed by atoms with Gasteiger partial charge in [-0.05, 0) is 42.0 Å². The molecule has 7 heteroatoms. The van der Waals surface area contributed by atoms with E-state index in [0.717, 1.165) is 11.6 Å². The Bertz CT molecular complexity index is 1060. The molecule has 2 aromatic carbocycles. The Morgan fingerprint density at radius 1 is 1.27 bits per heavy atom. The lowest BCUT2D eigenvalue weighted by molar-refractivity contribution is 0.100. The number of hydrogen-bond acceptors (Lipinski definition) is 2. The molecule has 26 heavy (non-hydrogen) atoms. The Morgan fingerprint density at radius 3 is 2.69 bits per heavy atom. The molecule has 1 amide bonds. The van der Waals surface area contributed by atoms with Gasteiger partial charge >= 0.3 is 0 Å². The number of nitrogens with two attached hydrogens (primary N) is 1. The maximum absolute atomic E-state index is 14.0.